The van der Waals surface area contributed by atoms with Gasteiger partial charge in [0.15, 0.2) is 5.65 Å². The summed E-state index contributed by atoms with van der Waals surface area (Å²) >= 11 is 0. The zero-order chi connectivity index (χ0) is 22.3. The minimum absolute atomic E-state index is 0.0162. The number of hydrogen-bond acceptors (Lipinski definition) is 4. The molecule has 1 unspecified atom stereocenters. The number of carbonyl (C=O) groups is 1. The molecule has 3 rings (SSSR count). The number of amides is 1. The number of fused-ring (bicyclic) bond motifs is 1. The molecule has 0 aliphatic rings. The van der Waals surface area contributed by atoms with E-state index < -0.39 is 28.9 Å². The van der Waals surface area contributed by atoms with Gasteiger partial charge < -0.3 is 5.11 Å². The second kappa shape index (κ2) is 7.39. The first-order valence-electron chi connectivity index (χ1n) is 9.34. The fourth-order valence-electron chi connectivity index (χ4n) is 3.22. The number of aliphatic hydroxyl groups is 1. The van der Waals surface area contributed by atoms with Crippen molar-refractivity contribution in [1.29, 1.82) is 0 Å². The van der Waals surface area contributed by atoms with Crippen LogP contribution in [0.3, 0.4) is 0 Å². The molecule has 2 heterocycles. The molecular formula is C21H23F3N4O2. The van der Waals surface area contributed by atoms with Crippen molar-refractivity contribution in [2.75, 3.05) is 5.32 Å². The number of hydrogen-bond donors (Lipinski definition) is 2. The SMILES string of the molecule is CC(O)(CC(=O)Nc1nc2ccc(C(F)(F)F)nc2n1C(C)(C)C)c1ccccc1. The summed E-state index contributed by atoms with van der Waals surface area (Å²) in [5.74, 6) is -0.459. The molecule has 2 N–H and O–H groups in total. The maximum absolute atomic E-state index is 13.1. The summed E-state index contributed by atoms with van der Waals surface area (Å²) in [6.45, 7) is 6.83. The molecule has 6 nitrogen and oxygen atoms in total. The predicted octanol–water partition coefficient (Wildman–Crippen LogP) is 4.44. The quantitative estimate of drug-likeness (QED) is 0.654. The number of aromatic nitrogens is 3. The second-order valence-electron chi connectivity index (χ2n) is 8.34. The number of nitrogens with one attached hydrogen (secondary N) is 1. The van der Waals surface area contributed by atoms with Gasteiger partial charge in [0.05, 0.1) is 12.0 Å². The van der Waals surface area contributed by atoms with Crippen molar-refractivity contribution in [3.63, 3.8) is 0 Å². The van der Waals surface area contributed by atoms with Crippen LogP contribution in [0.25, 0.3) is 11.2 Å². The van der Waals surface area contributed by atoms with Crippen LogP contribution in [0, 0.1) is 0 Å². The third-order valence-corrected chi connectivity index (χ3v) is 4.62. The van der Waals surface area contributed by atoms with Gasteiger partial charge in [0.2, 0.25) is 11.9 Å². The van der Waals surface area contributed by atoms with E-state index >= 15 is 0 Å². The van der Waals surface area contributed by atoms with Gasteiger partial charge in [-0.25, -0.2) is 9.97 Å². The molecule has 0 aliphatic carbocycles. The number of pyridine rings is 1. The highest BCUT2D eigenvalue weighted by Crippen LogP contribution is 2.32. The summed E-state index contributed by atoms with van der Waals surface area (Å²) in [7, 11) is 0. The van der Waals surface area contributed by atoms with Crippen molar-refractivity contribution >= 4 is 23.0 Å². The van der Waals surface area contributed by atoms with Crippen molar-refractivity contribution in [3.05, 3.63) is 53.7 Å². The fourth-order valence-corrected chi connectivity index (χ4v) is 3.22. The fraction of sp³-hybridized carbons (Fsp3) is 0.381. The van der Waals surface area contributed by atoms with Crippen LogP contribution in [0.4, 0.5) is 19.1 Å². The van der Waals surface area contributed by atoms with Crippen LogP contribution in [0.15, 0.2) is 42.5 Å². The molecule has 0 fully saturated rings. The maximum Gasteiger partial charge on any atom is 0.433 e. The molecule has 160 valence electrons. The van der Waals surface area contributed by atoms with Crippen molar-refractivity contribution in [1.82, 2.24) is 14.5 Å². The first kappa shape index (κ1) is 21.8. The Labute approximate surface area is 171 Å². The van der Waals surface area contributed by atoms with E-state index in [1.165, 1.54) is 17.6 Å². The van der Waals surface area contributed by atoms with E-state index in [0.717, 1.165) is 6.07 Å². The van der Waals surface area contributed by atoms with Gasteiger partial charge in [-0.2, -0.15) is 13.2 Å². The van der Waals surface area contributed by atoms with Crippen molar-refractivity contribution in [3.8, 4) is 0 Å². The Hall–Kier alpha value is -2.94. The highest BCUT2D eigenvalue weighted by Gasteiger charge is 2.34. The molecule has 0 aliphatic heterocycles. The Balaban J connectivity index is 1.96. The highest BCUT2D eigenvalue weighted by atomic mass is 19.4. The minimum atomic E-state index is -4.60. The molecule has 2 aromatic heterocycles. The molecule has 9 heteroatoms. The average molecular weight is 420 g/mol. The lowest BCUT2D eigenvalue weighted by atomic mass is 9.92. The molecule has 1 amide bonds. The standard InChI is InChI=1S/C21H23F3N4O2/c1-19(2,3)28-17-14(10-11-15(26-17)21(22,23)24)25-18(28)27-16(29)12-20(4,30)13-8-6-5-7-9-13/h5-11,30H,12H2,1-4H3,(H,25,27,29). The van der Waals surface area contributed by atoms with Gasteiger partial charge in [0, 0.05) is 5.54 Å². The highest BCUT2D eigenvalue weighted by molar-refractivity contribution is 5.91. The lowest BCUT2D eigenvalue weighted by molar-refractivity contribution is -0.141. The van der Waals surface area contributed by atoms with Crippen LogP contribution in [0.2, 0.25) is 0 Å². The van der Waals surface area contributed by atoms with E-state index in [0.29, 0.717) is 5.56 Å². The summed E-state index contributed by atoms with van der Waals surface area (Å²) in [6, 6.07) is 10.8. The van der Waals surface area contributed by atoms with Crippen LogP contribution in [-0.4, -0.2) is 25.5 Å². The zero-order valence-corrected chi connectivity index (χ0v) is 17.1. The molecular weight excluding hydrogens is 397 g/mol. The molecule has 1 atom stereocenters. The normalized spacial score (nSPS) is 14.5. The first-order chi connectivity index (χ1) is 13.8. The molecule has 0 saturated heterocycles. The molecule has 0 saturated carbocycles. The van der Waals surface area contributed by atoms with E-state index in [-0.39, 0.29) is 23.5 Å². The lowest BCUT2D eigenvalue weighted by Crippen LogP contribution is -2.31. The Morgan fingerprint density at radius 3 is 2.23 bits per heavy atom. The van der Waals surface area contributed by atoms with Gasteiger partial charge >= 0.3 is 6.18 Å². The van der Waals surface area contributed by atoms with E-state index in [1.54, 1.807) is 51.1 Å². The number of carbonyl (C=O) groups excluding carboxylic acids is 1. The summed E-state index contributed by atoms with van der Waals surface area (Å²) in [6.07, 6.45) is -4.86. The number of benzene rings is 1. The van der Waals surface area contributed by atoms with Crippen LogP contribution >= 0.6 is 0 Å². The number of rotatable bonds is 4. The Morgan fingerprint density at radius 2 is 1.67 bits per heavy atom. The third-order valence-electron chi connectivity index (χ3n) is 4.62. The van der Waals surface area contributed by atoms with Crippen molar-refractivity contribution < 1.29 is 23.1 Å². The summed E-state index contributed by atoms with van der Waals surface area (Å²) in [5.41, 5.74) is -2.36. The minimum Gasteiger partial charge on any atom is -0.385 e. The number of nitrogens with zero attached hydrogens (tertiary/aromatic N) is 3. The largest absolute Gasteiger partial charge is 0.433 e. The van der Waals surface area contributed by atoms with Gasteiger partial charge in [0.1, 0.15) is 11.2 Å². The predicted molar refractivity (Wildman–Crippen MR) is 107 cm³/mol. The molecule has 0 spiro atoms. The summed E-state index contributed by atoms with van der Waals surface area (Å²) < 4.78 is 40.8. The van der Waals surface area contributed by atoms with Crippen LogP contribution in [-0.2, 0) is 22.1 Å². The Morgan fingerprint density at radius 1 is 1.03 bits per heavy atom. The molecule has 3 aromatic rings. The van der Waals surface area contributed by atoms with Crippen LogP contribution in [0.1, 0.15) is 45.4 Å². The molecule has 30 heavy (non-hydrogen) atoms. The van der Waals surface area contributed by atoms with Gasteiger partial charge in [-0.3, -0.25) is 14.7 Å². The molecule has 0 radical (unpaired) electrons. The summed E-state index contributed by atoms with van der Waals surface area (Å²) in [5, 5.41) is 13.3. The van der Waals surface area contributed by atoms with E-state index in [4.69, 9.17) is 0 Å². The van der Waals surface area contributed by atoms with Crippen LogP contribution < -0.4 is 5.32 Å². The number of alkyl halides is 3. The summed E-state index contributed by atoms with van der Waals surface area (Å²) in [4.78, 5) is 20.7. The van der Waals surface area contributed by atoms with E-state index in [2.05, 4.69) is 15.3 Å². The monoisotopic (exact) mass is 420 g/mol. The van der Waals surface area contributed by atoms with E-state index in [1.807, 2.05) is 0 Å². The van der Waals surface area contributed by atoms with Gasteiger partial charge in [-0.05, 0) is 45.4 Å². The van der Waals surface area contributed by atoms with Crippen molar-refractivity contribution in [2.24, 2.45) is 0 Å². The van der Waals surface area contributed by atoms with Gasteiger partial charge in [-0.15, -0.1) is 0 Å². The maximum atomic E-state index is 13.1. The number of halogens is 3. The number of anilines is 1. The average Bonchev–Trinajstić information content (AvgIpc) is 2.98. The first-order valence-corrected chi connectivity index (χ1v) is 9.34. The second-order valence-corrected chi connectivity index (χ2v) is 8.34. The Kier molecular flexibility index (Phi) is 5.36. The smallest absolute Gasteiger partial charge is 0.385 e. The van der Waals surface area contributed by atoms with Gasteiger partial charge in [-0.1, -0.05) is 30.3 Å². The topological polar surface area (TPSA) is 80.0 Å². The van der Waals surface area contributed by atoms with E-state index in [9.17, 15) is 23.1 Å². The zero-order valence-electron chi connectivity index (χ0n) is 17.1. The Bertz CT molecular complexity index is 1070. The third kappa shape index (κ3) is 4.46. The van der Waals surface area contributed by atoms with Gasteiger partial charge in [0.25, 0.3) is 0 Å². The van der Waals surface area contributed by atoms with Crippen LogP contribution in [0.5, 0.6) is 0 Å². The number of imidazole rings is 1. The van der Waals surface area contributed by atoms with Crippen molar-refractivity contribution in [2.45, 2.75) is 51.4 Å². The molecule has 0 bridgehead atoms. The molecule has 1 aromatic carbocycles. The lowest BCUT2D eigenvalue weighted by Gasteiger charge is -2.26.